The zero-order valence-corrected chi connectivity index (χ0v) is 19.0. The summed E-state index contributed by atoms with van der Waals surface area (Å²) in [4.78, 5) is 31.0. The molecule has 0 aliphatic carbocycles. The quantitative estimate of drug-likeness (QED) is 0.268. The Morgan fingerprint density at radius 3 is 2.75 bits per heavy atom. The number of pyridine rings is 1. The number of thioether (sulfide) groups is 2. The zero-order valence-electron chi connectivity index (χ0n) is 17.4. The summed E-state index contributed by atoms with van der Waals surface area (Å²) in [6, 6.07) is 17.0. The fraction of sp³-hybridized carbons (Fsp3) is 0.208. The van der Waals surface area contributed by atoms with E-state index in [0.717, 1.165) is 21.8 Å². The summed E-state index contributed by atoms with van der Waals surface area (Å²) in [6.45, 7) is 2.13. The third-order valence-corrected chi connectivity index (χ3v) is 7.04. The monoisotopic (exact) mass is 468 g/mol. The molecule has 1 aliphatic heterocycles. The molecule has 0 bridgehead atoms. The number of ether oxygens (including phenoxy) is 1. The number of hydrogen-bond donors (Lipinski definition) is 0. The molecule has 4 rings (SSSR count). The number of nitrogens with zero attached hydrogens (tertiary/aromatic N) is 2. The van der Waals surface area contributed by atoms with E-state index in [4.69, 9.17) is 4.74 Å². The average Bonchev–Trinajstić information content (AvgIpc) is 3.18. The molecule has 0 radical (unpaired) electrons. The van der Waals surface area contributed by atoms with Gasteiger partial charge in [-0.3, -0.25) is 9.69 Å². The van der Waals surface area contributed by atoms with Gasteiger partial charge in [0.1, 0.15) is 17.8 Å². The van der Waals surface area contributed by atoms with E-state index < -0.39 is 5.97 Å². The number of halogens is 1. The number of aryl methyl sites for hydroxylation is 1. The Labute approximate surface area is 194 Å². The molecule has 0 N–H and O–H groups in total. The van der Waals surface area contributed by atoms with Crippen molar-refractivity contribution >= 4 is 41.1 Å². The van der Waals surface area contributed by atoms with Crippen LogP contribution in [0.2, 0.25) is 0 Å². The number of carbonyl (C=O) groups excluding carboxylic acids is 2. The molecule has 1 unspecified atom stereocenters. The van der Waals surface area contributed by atoms with Gasteiger partial charge in [-0.1, -0.05) is 18.2 Å². The van der Waals surface area contributed by atoms with Gasteiger partial charge in [0.25, 0.3) is 0 Å². The van der Waals surface area contributed by atoms with Crippen LogP contribution >= 0.6 is 23.5 Å². The Bertz CT molecular complexity index is 1110. The van der Waals surface area contributed by atoms with Crippen LogP contribution in [0.1, 0.15) is 26.9 Å². The molecule has 164 valence electrons. The van der Waals surface area contributed by atoms with Gasteiger partial charge in [0.15, 0.2) is 0 Å². The fourth-order valence-electron chi connectivity index (χ4n) is 3.41. The van der Waals surface area contributed by atoms with Gasteiger partial charge < -0.3 is 4.74 Å². The first-order valence-electron chi connectivity index (χ1n) is 10.0. The van der Waals surface area contributed by atoms with Gasteiger partial charge >= 0.3 is 5.97 Å². The summed E-state index contributed by atoms with van der Waals surface area (Å²) >= 11 is 3.02. The molecule has 2 heterocycles. The van der Waals surface area contributed by atoms with E-state index >= 15 is 0 Å². The Morgan fingerprint density at radius 2 is 2.03 bits per heavy atom. The van der Waals surface area contributed by atoms with Crippen LogP contribution in [0.4, 0.5) is 10.1 Å². The minimum atomic E-state index is -0.404. The van der Waals surface area contributed by atoms with Crippen molar-refractivity contribution in [3.05, 3.63) is 89.4 Å². The van der Waals surface area contributed by atoms with Crippen molar-refractivity contribution in [1.29, 1.82) is 0 Å². The maximum Gasteiger partial charge on any atom is 0.338 e. The highest BCUT2D eigenvalue weighted by Gasteiger charge is 2.35. The number of rotatable bonds is 7. The van der Waals surface area contributed by atoms with E-state index in [0.29, 0.717) is 17.1 Å². The fourth-order valence-corrected chi connectivity index (χ4v) is 5.26. The molecular formula is C24H21FN2O3S2. The lowest BCUT2D eigenvalue weighted by atomic mass is 10.1. The summed E-state index contributed by atoms with van der Waals surface area (Å²) in [5.41, 5.74) is 2.82. The Balaban J connectivity index is 1.42. The predicted molar refractivity (Wildman–Crippen MR) is 126 cm³/mol. The first-order chi connectivity index (χ1) is 15.5. The molecule has 1 aliphatic rings. The van der Waals surface area contributed by atoms with Gasteiger partial charge in [0, 0.05) is 17.6 Å². The summed E-state index contributed by atoms with van der Waals surface area (Å²) in [5, 5.41) is 0.649. The summed E-state index contributed by atoms with van der Waals surface area (Å²) < 4.78 is 18.7. The first-order valence-corrected chi connectivity index (χ1v) is 12.1. The van der Waals surface area contributed by atoms with Crippen LogP contribution in [0.3, 0.4) is 0 Å². The normalized spacial score (nSPS) is 15.8. The van der Waals surface area contributed by atoms with Crippen molar-refractivity contribution in [2.45, 2.75) is 17.3 Å². The number of anilines is 1. The van der Waals surface area contributed by atoms with Crippen LogP contribution < -0.4 is 4.90 Å². The zero-order chi connectivity index (χ0) is 22.5. The molecule has 1 atom stereocenters. The van der Waals surface area contributed by atoms with E-state index in [9.17, 15) is 14.0 Å². The van der Waals surface area contributed by atoms with Crippen LogP contribution in [0.5, 0.6) is 0 Å². The molecule has 5 nitrogen and oxygen atoms in total. The van der Waals surface area contributed by atoms with E-state index in [-0.39, 0.29) is 23.7 Å². The van der Waals surface area contributed by atoms with Crippen molar-refractivity contribution in [1.82, 2.24) is 4.98 Å². The van der Waals surface area contributed by atoms with Crippen molar-refractivity contribution < 1.29 is 18.7 Å². The van der Waals surface area contributed by atoms with Crippen LogP contribution in [-0.2, 0) is 9.53 Å². The van der Waals surface area contributed by atoms with Crippen molar-refractivity contribution in [3.8, 4) is 0 Å². The first kappa shape index (κ1) is 22.4. The molecule has 8 heteroatoms. The van der Waals surface area contributed by atoms with Gasteiger partial charge in [0.2, 0.25) is 5.91 Å². The predicted octanol–water partition coefficient (Wildman–Crippen LogP) is 5.26. The Morgan fingerprint density at radius 1 is 1.22 bits per heavy atom. The standard InChI is InChI=1S/C24H21FN2O3S2/c1-16-14-18(24(29)30-12-13-31-21-4-2-3-11-26-21)7-10-20(16)27-22(28)15-32-23(27)17-5-8-19(25)9-6-17/h2-11,14,23H,12-13,15H2,1H3. The van der Waals surface area contributed by atoms with Gasteiger partial charge in [-0.25, -0.2) is 14.2 Å². The number of benzene rings is 2. The second kappa shape index (κ2) is 10.2. The largest absolute Gasteiger partial charge is 0.461 e. The van der Waals surface area contributed by atoms with Crippen molar-refractivity contribution in [3.63, 3.8) is 0 Å². The van der Waals surface area contributed by atoms with E-state index in [2.05, 4.69) is 4.98 Å². The van der Waals surface area contributed by atoms with Crippen LogP contribution in [0, 0.1) is 12.7 Å². The molecule has 1 fully saturated rings. The van der Waals surface area contributed by atoms with E-state index in [1.807, 2.05) is 25.1 Å². The lowest BCUT2D eigenvalue weighted by Crippen LogP contribution is -2.28. The summed E-state index contributed by atoms with van der Waals surface area (Å²) in [5.74, 6) is 0.220. The van der Waals surface area contributed by atoms with Crippen LogP contribution in [0.15, 0.2) is 71.9 Å². The van der Waals surface area contributed by atoms with Gasteiger partial charge in [-0.05, 0) is 60.5 Å². The summed E-state index contributed by atoms with van der Waals surface area (Å²) in [7, 11) is 0. The van der Waals surface area contributed by atoms with Crippen molar-refractivity contribution in [2.24, 2.45) is 0 Å². The maximum absolute atomic E-state index is 13.3. The smallest absolute Gasteiger partial charge is 0.338 e. The number of carbonyl (C=O) groups is 2. The van der Waals surface area contributed by atoms with E-state index in [1.54, 1.807) is 41.4 Å². The number of hydrogen-bond acceptors (Lipinski definition) is 6. The maximum atomic E-state index is 13.3. The molecule has 32 heavy (non-hydrogen) atoms. The van der Waals surface area contributed by atoms with Gasteiger partial charge in [-0.2, -0.15) is 0 Å². The molecule has 1 saturated heterocycles. The van der Waals surface area contributed by atoms with Crippen LogP contribution in [0.25, 0.3) is 0 Å². The number of amides is 1. The van der Waals surface area contributed by atoms with Gasteiger partial charge in [-0.15, -0.1) is 23.5 Å². The summed E-state index contributed by atoms with van der Waals surface area (Å²) in [6.07, 6.45) is 1.73. The highest BCUT2D eigenvalue weighted by molar-refractivity contribution is 8.00. The Hall–Kier alpha value is -2.84. The molecule has 1 aromatic heterocycles. The number of aromatic nitrogens is 1. The molecule has 0 spiro atoms. The minimum Gasteiger partial charge on any atom is -0.461 e. The van der Waals surface area contributed by atoms with E-state index in [1.165, 1.54) is 35.7 Å². The Kier molecular flexibility index (Phi) is 7.12. The average molecular weight is 469 g/mol. The lowest BCUT2D eigenvalue weighted by molar-refractivity contribution is -0.115. The highest BCUT2D eigenvalue weighted by atomic mass is 32.2. The second-order valence-electron chi connectivity index (χ2n) is 7.13. The second-order valence-corrected chi connectivity index (χ2v) is 9.32. The topological polar surface area (TPSA) is 59.5 Å². The van der Waals surface area contributed by atoms with Crippen LogP contribution in [-0.4, -0.2) is 35.0 Å². The molecule has 2 aromatic carbocycles. The number of esters is 1. The third-order valence-electron chi connectivity index (χ3n) is 4.92. The third kappa shape index (κ3) is 5.14. The molecular weight excluding hydrogens is 447 g/mol. The SMILES string of the molecule is Cc1cc(C(=O)OCCSc2ccccn2)ccc1N1C(=O)CSC1c1ccc(F)cc1. The van der Waals surface area contributed by atoms with Crippen molar-refractivity contribution in [2.75, 3.05) is 23.0 Å². The molecule has 0 saturated carbocycles. The minimum absolute atomic E-state index is 0.0192. The molecule has 1 amide bonds. The highest BCUT2D eigenvalue weighted by Crippen LogP contribution is 2.42. The molecule has 3 aromatic rings. The lowest BCUT2D eigenvalue weighted by Gasteiger charge is -2.26. The van der Waals surface area contributed by atoms with Gasteiger partial charge in [0.05, 0.1) is 16.3 Å².